The van der Waals surface area contributed by atoms with Crippen molar-refractivity contribution in [3.8, 4) is 0 Å². The predicted octanol–water partition coefficient (Wildman–Crippen LogP) is 2.35. The van der Waals surface area contributed by atoms with Crippen molar-refractivity contribution < 1.29 is 14.7 Å². The molecule has 5 heteroatoms. The van der Waals surface area contributed by atoms with Crippen LogP contribution >= 0.6 is 11.6 Å². The van der Waals surface area contributed by atoms with Crippen LogP contribution in [0.2, 0.25) is 5.02 Å². The number of benzene rings is 1. The van der Waals surface area contributed by atoms with Crippen molar-refractivity contribution in [1.29, 1.82) is 0 Å². The van der Waals surface area contributed by atoms with Gasteiger partial charge in [0.05, 0.1) is 6.42 Å². The molecule has 0 bridgehead atoms. The van der Waals surface area contributed by atoms with E-state index in [0.717, 1.165) is 23.4 Å². The summed E-state index contributed by atoms with van der Waals surface area (Å²) in [5, 5.41) is 12.0. The van der Waals surface area contributed by atoms with Crippen molar-refractivity contribution in [3.63, 3.8) is 0 Å². The van der Waals surface area contributed by atoms with E-state index in [-0.39, 0.29) is 24.2 Å². The molecule has 2 rings (SSSR count). The first-order chi connectivity index (χ1) is 9.03. The van der Waals surface area contributed by atoms with E-state index >= 15 is 0 Å². The van der Waals surface area contributed by atoms with Gasteiger partial charge in [-0.3, -0.25) is 9.59 Å². The lowest BCUT2D eigenvalue weighted by Gasteiger charge is -2.17. The van der Waals surface area contributed by atoms with Gasteiger partial charge >= 0.3 is 5.97 Å². The molecular weight excluding hydrogens is 266 g/mol. The number of amides is 1. The number of hydrogen-bond acceptors (Lipinski definition) is 2. The lowest BCUT2D eigenvalue weighted by molar-refractivity contribution is -0.138. The topological polar surface area (TPSA) is 66.4 Å². The predicted molar refractivity (Wildman–Crippen MR) is 72.2 cm³/mol. The average Bonchev–Trinajstić information content (AvgIpc) is 3.15. The van der Waals surface area contributed by atoms with Crippen LogP contribution in [0.5, 0.6) is 0 Å². The molecule has 0 radical (unpaired) electrons. The minimum Gasteiger partial charge on any atom is -0.481 e. The molecule has 0 aromatic heterocycles. The Hall–Kier alpha value is -1.55. The number of aliphatic carboxylic acids is 1. The fraction of sp³-hybridized carbons (Fsp3) is 0.429. The summed E-state index contributed by atoms with van der Waals surface area (Å²) in [5.41, 5.74) is 1.01. The second-order valence-corrected chi connectivity index (χ2v) is 5.34. The molecule has 1 aliphatic rings. The van der Waals surface area contributed by atoms with Gasteiger partial charge in [0.15, 0.2) is 0 Å². The summed E-state index contributed by atoms with van der Waals surface area (Å²) in [6, 6.07) is 7.66. The Kier molecular flexibility index (Phi) is 4.10. The van der Waals surface area contributed by atoms with E-state index in [2.05, 4.69) is 5.32 Å². The van der Waals surface area contributed by atoms with E-state index in [9.17, 15) is 9.59 Å². The number of hydrogen-bond donors (Lipinski definition) is 2. The highest BCUT2D eigenvalue weighted by atomic mass is 35.5. The number of carboxylic acid groups (broad SMARTS) is 1. The summed E-state index contributed by atoms with van der Waals surface area (Å²) in [4.78, 5) is 21.9. The number of nitrogens with one attached hydrogen (secondary N) is 1. The number of halogens is 1. The first kappa shape index (κ1) is 13.9. The minimum atomic E-state index is -0.956. The number of carbonyl (C=O) groups is 2. The molecule has 0 saturated heterocycles. The van der Waals surface area contributed by atoms with Crippen LogP contribution in [-0.4, -0.2) is 23.5 Å². The van der Waals surface area contributed by atoms with Crippen LogP contribution in [0.1, 0.15) is 31.2 Å². The lowest BCUT2D eigenvalue weighted by atomic mass is 9.96. The second kappa shape index (κ2) is 5.61. The first-order valence-corrected chi connectivity index (χ1v) is 6.65. The van der Waals surface area contributed by atoms with Crippen molar-refractivity contribution >= 4 is 23.5 Å². The van der Waals surface area contributed by atoms with Crippen LogP contribution < -0.4 is 5.32 Å². The van der Waals surface area contributed by atoms with E-state index in [1.54, 1.807) is 0 Å². The third-order valence-electron chi connectivity index (χ3n) is 3.49. The molecule has 0 unspecified atom stereocenters. The van der Waals surface area contributed by atoms with E-state index in [1.165, 1.54) is 0 Å². The van der Waals surface area contributed by atoms with Gasteiger partial charge in [0.2, 0.25) is 5.91 Å². The Morgan fingerprint density at radius 3 is 2.53 bits per heavy atom. The maximum Gasteiger partial charge on any atom is 0.303 e. The zero-order valence-corrected chi connectivity index (χ0v) is 11.2. The number of carbonyl (C=O) groups excluding carboxylic acids is 1. The molecule has 1 amide bonds. The summed E-state index contributed by atoms with van der Waals surface area (Å²) in [6.07, 6.45) is 1.88. The maximum absolute atomic E-state index is 11.5. The van der Waals surface area contributed by atoms with E-state index in [0.29, 0.717) is 6.54 Å². The molecule has 19 heavy (non-hydrogen) atoms. The van der Waals surface area contributed by atoms with Gasteiger partial charge in [-0.2, -0.15) is 0 Å². The fourth-order valence-electron chi connectivity index (χ4n) is 2.16. The third kappa shape index (κ3) is 3.47. The molecule has 1 fully saturated rings. The van der Waals surface area contributed by atoms with Crippen LogP contribution in [0.15, 0.2) is 24.3 Å². The Bertz CT molecular complexity index is 497. The summed E-state index contributed by atoms with van der Waals surface area (Å²) in [6.45, 7) is 0.523. The Morgan fingerprint density at radius 2 is 1.95 bits per heavy atom. The molecule has 4 nitrogen and oxygen atoms in total. The van der Waals surface area contributed by atoms with Gasteiger partial charge in [0.25, 0.3) is 0 Å². The van der Waals surface area contributed by atoms with Crippen molar-refractivity contribution in [1.82, 2.24) is 5.32 Å². The van der Waals surface area contributed by atoms with Crippen LogP contribution in [0, 0.1) is 0 Å². The van der Waals surface area contributed by atoms with Gasteiger partial charge in [0.1, 0.15) is 0 Å². The summed E-state index contributed by atoms with van der Waals surface area (Å²) in [5.74, 6) is -1.18. The number of carboxylic acids is 1. The molecule has 0 heterocycles. The van der Waals surface area contributed by atoms with Crippen molar-refractivity contribution in [2.45, 2.75) is 31.1 Å². The van der Waals surface area contributed by atoms with Gasteiger partial charge < -0.3 is 10.4 Å². The highest BCUT2D eigenvalue weighted by Crippen LogP contribution is 2.49. The molecule has 1 aromatic carbocycles. The van der Waals surface area contributed by atoms with Crippen LogP contribution in [-0.2, 0) is 15.0 Å². The quantitative estimate of drug-likeness (QED) is 0.841. The van der Waals surface area contributed by atoms with E-state index in [1.807, 2.05) is 24.3 Å². The molecule has 1 aliphatic carbocycles. The van der Waals surface area contributed by atoms with Crippen LogP contribution in [0.3, 0.4) is 0 Å². The first-order valence-electron chi connectivity index (χ1n) is 6.27. The number of rotatable bonds is 6. The summed E-state index contributed by atoms with van der Waals surface area (Å²) < 4.78 is 0. The molecule has 1 saturated carbocycles. The van der Waals surface area contributed by atoms with Crippen LogP contribution in [0.4, 0.5) is 0 Å². The smallest absolute Gasteiger partial charge is 0.303 e. The highest BCUT2D eigenvalue weighted by molar-refractivity contribution is 6.31. The molecule has 0 spiro atoms. The average molecular weight is 282 g/mol. The molecule has 2 N–H and O–H groups in total. The largest absolute Gasteiger partial charge is 0.481 e. The van der Waals surface area contributed by atoms with Gasteiger partial charge in [-0.25, -0.2) is 0 Å². The summed E-state index contributed by atoms with van der Waals surface area (Å²) in [7, 11) is 0. The van der Waals surface area contributed by atoms with Crippen LogP contribution in [0.25, 0.3) is 0 Å². The fourth-order valence-corrected chi connectivity index (χ4v) is 2.50. The SMILES string of the molecule is O=C(O)CCC(=O)NCC1(c2ccccc2Cl)CC1. The van der Waals surface area contributed by atoms with E-state index in [4.69, 9.17) is 16.7 Å². The van der Waals surface area contributed by atoms with Crippen molar-refractivity contribution in [2.24, 2.45) is 0 Å². The Labute approximate surface area is 116 Å². The normalized spacial score (nSPS) is 15.8. The Balaban J connectivity index is 1.91. The molecular formula is C14H16ClNO3. The van der Waals surface area contributed by atoms with Gasteiger partial charge in [-0.15, -0.1) is 0 Å². The minimum absolute atomic E-state index is 0.0218. The second-order valence-electron chi connectivity index (χ2n) is 4.93. The summed E-state index contributed by atoms with van der Waals surface area (Å²) >= 11 is 6.18. The van der Waals surface area contributed by atoms with Crippen molar-refractivity contribution in [3.05, 3.63) is 34.9 Å². The monoisotopic (exact) mass is 281 g/mol. The lowest BCUT2D eigenvalue weighted by Crippen LogP contribution is -2.32. The standard InChI is InChI=1S/C14H16ClNO3/c15-11-4-2-1-3-10(11)14(7-8-14)9-16-12(17)5-6-13(18)19/h1-4H,5-9H2,(H,16,17)(H,18,19). The molecule has 102 valence electrons. The van der Waals surface area contributed by atoms with Gasteiger partial charge in [-0.1, -0.05) is 29.8 Å². The highest BCUT2D eigenvalue weighted by Gasteiger charge is 2.45. The third-order valence-corrected chi connectivity index (χ3v) is 3.82. The van der Waals surface area contributed by atoms with Crippen molar-refractivity contribution in [2.75, 3.05) is 6.54 Å². The Morgan fingerprint density at radius 1 is 1.26 bits per heavy atom. The van der Waals surface area contributed by atoms with Gasteiger partial charge in [-0.05, 0) is 24.5 Å². The molecule has 1 aromatic rings. The zero-order valence-electron chi connectivity index (χ0n) is 10.5. The van der Waals surface area contributed by atoms with Gasteiger partial charge in [0, 0.05) is 23.4 Å². The zero-order chi connectivity index (χ0) is 13.9. The van der Waals surface area contributed by atoms with E-state index < -0.39 is 5.97 Å². The molecule has 0 aliphatic heterocycles. The maximum atomic E-state index is 11.5. The molecule has 0 atom stereocenters.